The summed E-state index contributed by atoms with van der Waals surface area (Å²) >= 11 is 0. The minimum Gasteiger partial charge on any atom is -0.352 e. The summed E-state index contributed by atoms with van der Waals surface area (Å²) in [7, 11) is 0. The number of hydrogen-bond donors (Lipinski definition) is 2. The van der Waals surface area contributed by atoms with Crippen LogP contribution >= 0.6 is 0 Å². The van der Waals surface area contributed by atoms with Gasteiger partial charge in [0.25, 0.3) is 5.91 Å². The topological polar surface area (TPSA) is 58.2 Å². The molecule has 5 heteroatoms. The Kier molecular flexibility index (Phi) is 5.04. The van der Waals surface area contributed by atoms with E-state index < -0.39 is 5.82 Å². The number of carbonyl (C=O) groups is 2. The second kappa shape index (κ2) is 7.19. The molecule has 0 atom stereocenters. The summed E-state index contributed by atoms with van der Waals surface area (Å²) in [4.78, 5) is 23.4. The Morgan fingerprint density at radius 3 is 2.48 bits per heavy atom. The molecule has 0 saturated heterocycles. The molecule has 0 fully saturated rings. The normalized spacial score (nSPS) is 9.95. The van der Waals surface area contributed by atoms with Crippen LogP contribution in [0.5, 0.6) is 0 Å². The van der Waals surface area contributed by atoms with Crippen LogP contribution in [-0.2, 0) is 4.79 Å². The van der Waals surface area contributed by atoms with Gasteiger partial charge >= 0.3 is 0 Å². The predicted octanol–water partition coefficient (Wildman–Crippen LogP) is 2.58. The van der Waals surface area contributed by atoms with Crippen molar-refractivity contribution in [2.24, 2.45) is 0 Å². The fourth-order valence-electron chi connectivity index (χ4n) is 1.77. The lowest BCUT2D eigenvalue weighted by Gasteiger charge is -2.07. The van der Waals surface area contributed by atoms with Gasteiger partial charge in [-0.05, 0) is 30.3 Å². The Balaban J connectivity index is 1.76. The third-order valence-electron chi connectivity index (χ3n) is 2.78. The number of hydrogen-bond acceptors (Lipinski definition) is 2. The van der Waals surface area contributed by atoms with E-state index in [4.69, 9.17) is 0 Å². The van der Waals surface area contributed by atoms with Crippen molar-refractivity contribution in [3.8, 4) is 0 Å². The zero-order valence-electron chi connectivity index (χ0n) is 11.3. The molecule has 108 valence electrons. The summed E-state index contributed by atoms with van der Waals surface area (Å²) < 4.78 is 13.0. The number of anilines is 1. The average Bonchev–Trinajstić information content (AvgIpc) is 2.48. The molecule has 0 aliphatic rings. The first-order chi connectivity index (χ1) is 10.1. The van der Waals surface area contributed by atoms with E-state index in [-0.39, 0.29) is 24.8 Å². The Hall–Kier alpha value is -2.69. The second-order valence-electron chi connectivity index (χ2n) is 4.43. The Bertz CT molecular complexity index is 629. The Labute approximate surface area is 122 Å². The van der Waals surface area contributed by atoms with Gasteiger partial charge in [-0.3, -0.25) is 9.59 Å². The molecule has 0 aliphatic carbocycles. The minimum absolute atomic E-state index is 0.120. The summed E-state index contributed by atoms with van der Waals surface area (Å²) in [5.41, 5.74) is 0.942. The molecular weight excluding hydrogens is 271 g/mol. The van der Waals surface area contributed by atoms with Gasteiger partial charge in [-0.15, -0.1) is 0 Å². The lowest BCUT2D eigenvalue weighted by atomic mass is 10.2. The lowest BCUT2D eigenvalue weighted by molar-refractivity contribution is -0.116. The summed E-state index contributed by atoms with van der Waals surface area (Å²) in [6.07, 6.45) is 0.120. The highest BCUT2D eigenvalue weighted by Crippen LogP contribution is 2.09. The molecule has 4 nitrogen and oxygen atoms in total. The maximum Gasteiger partial charge on any atom is 0.251 e. The molecule has 0 bridgehead atoms. The van der Waals surface area contributed by atoms with Crippen molar-refractivity contribution in [2.75, 3.05) is 11.9 Å². The largest absolute Gasteiger partial charge is 0.352 e. The van der Waals surface area contributed by atoms with Crippen molar-refractivity contribution < 1.29 is 14.0 Å². The summed E-state index contributed by atoms with van der Waals surface area (Å²) in [5.74, 6) is -0.923. The first-order valence-corrected chi connectivity index (χ1v) is 6.54. The lowest BCUT2D eigenvalue weighted by Crippen LogP contribution is -2.27. The van der Waals surface area contributed by atoms with Crippen molar-refractivity contribution in [3.05, 3.63) is 66.0 Å². The molecule has 0 aromatic heterocycles. The number of benzene rings is 2. The van der Waals surface area contributed by atoms with Gasteiger partial charge in [0.1, 0.15) is 5.82 Å². The molecule has 0 heterocycles. The fourth-order valence-corrected chi connectivity index (χ4v) is 1.77. The maximum absolute atomic E-state index is 13.0. The molecule has 0 unspecified atom stereocenters. The molecule has 21 heavy (non-hydrogen) atoms. The van der Waals surface area contributed by atoms with Crippen LogP contribution in [0.4, 0.5) is 10.1 Å². The molecule has 2 aromatic rings. The van der Waals surface area contributed by atoms with Gasteiger partial charge in [-0.1, -0.05) is 24.3 Å². The average molecular weight is 286 g/mol. The van der Waals surface area contributed by atoms with Gasteiger partial charge in [0, 0.05) is 24.2 Å². The van der Waals surface area contributed by atoms with Crippen molar-refractivity contribution in [1.29, 1.82) is 0 Å². The highest BCUT2D eigenvalue weighted by molar-refractivity contribution is 5.95. The van der Waals surface area contributed by atoms with Crippen LogP contribution in [0.1, 0.15) is 16.8 Å². The Morgan fingerprint density at radius 2 is 1.76 bits per heavy atom. The van der Waals surface area contributed by atoms with Gasteiger partial charge < -0.3 is 10.6 Å². The predicted molar refractivity (Wildman–Crippen MR) is 78.4 cm³/mol. The highest BCUT2D eigenvalue weighted by Gasteiger charge is 2.06. The van der Waals surface area contributed by atoms with Crippen LogP contribution < -0.4 is 10.6 Å². The van der Waals surface area contributed by atoms with Crippen LogP contribution in [0.15, 0.2) is 54.6 Å². The summed E-state index contributed by atoms with van der Waals surface area (Å²) in [5, 5.41) is 5.22. The SMILES string of the molecule is O=C(CCNC(=O)c1ccccc1)Nc1cccc(F)c1. The third-order valence-corrected chi connectivity index (χ3v) is 2.78. The van der Waals surface area contributed by atoms with Crippen molar-refractivity contribution in [1.82, 2.24) is 5.32 Å². The van der Waals surface area contributed by atoms with Gasteiger partial charge in [-0.25, -0.2) is 4.39 Å². The van der Waals surface area contributed by atoms with Gasteiger partial charge in [0.05, 0.1) is 0 Å². The molecule has 0 aliphatic heterocycles. The number of carbonyl (C=O) groups excluding carboxylic acids is 2. The van der Waals surface area contributed by atoms with Crippen LogP contribution in [0.3, 0.4) is 0 Å². The molecule has 2 N–H and O–H groups in total. The van der Waals surface area contributed by atoms with Gasteiger partial charge in [0.2, 0.25) is 5.91 Å². The number of halogens is 1. The van der Waals surface area contributed by atoms with E-state index in [1.165, 1.54) is 18.2 Å². The molecular formula is C16H15FN2O2. The van der Waals surface area contributed by atoms with Crippen molar-refractivity contribution in [3.63, 3.8) is 0 Å². The zero-order chi connectivity index (χ0) is 15.1. The van der Waals surface area contributed by atoms with E-state index in [9.17, 15) is 14.0 Å². The standard InChI is InChI=1S/C16H15FN2O2/c17-13-7-4-8-14(11-13)19-15(20)9-10-18-16(21)12-5-2-1-3-6-12/h1-8,11H,9-10H2,(H,18,21)(H,19,20). The third kappa shape index (κ3) is 4.72. The maximum atomic E-state index is 13.0. The van der Waals surface area contributed by atoms with E-state index in [1.54, 1.807) is 30.3 Å². The Morgan fingerprint density at radius 1 is 1.00 bits per heavy atom. The van der Waals surface area contributed by atoms with Crippen molar-refractivity contribution in [2.45, 2.75) is 6.42 Å². The van der Waals surface area contributed by atoms with Crippen LogP contribution in [0, 0.1) is 5.82 Å². The number of rotatable bonds is 5. The number of nitrogens with one attached hydrogen (secondary N) is 2. The van der Waals surface area contributed by atoms with Crippen LogP contribution in [0.2, 0.25) is 0 Å². The van der Waals surface area contributed by atoms with E-state index in [1.807, 2.05) is 6.07 Å². The van der Waals surface area contributed by atoms with E-state index >= 15 is 0 Å². The van der Waals surface area contributed by atoms with Crippen LogP contribution in [0.25, 0.3) is 0 Å². The minimum atomic E-state index is -0.412. The van der Waals surface area contributed by atoms with Crippen molar-refractivity contribution >= 4 is 17.5 Å². The molecule has 0 saturated carbocycles. The fraction of sp³-hybridized carbons (Fsp3) is 0.125. The second-order valence-corrected chi connectivity index (χ2v) is 4.43. The monoisotopic (exact) mass is 286 g/mol. The summed E-state index contributed by atoms with van der Waals surface area (Å²) in [6, 6.07) is 14.4. The summed E-state index contributed by atoms with van der Waals surface area (Å²) in [6.45, 7) is 0.217. The first-order valence-electron chi connectivity index (χ1n) is 6.54. The molecule has 2 amide bonds. The molecule has 2 aromatic carbocycles. The molecule has 0 spiro atoms. The molecule has 2 rings (SSSR count). The first kappa shape index (κ1) is 14.7. The highest BCUT2D eigenvalue weighted by atomic mass is 19.1. The molecule has 0 radical (unpaired) electrons. The van der Waals surface area contributed by atoms with Gasteiger partial charge in [0.15, 0.2) is 0 Å². The zero-order valence-corrected chi connectivity index (χ0v) is 11.3. The van der Waals surface area contributed by atoms with Gasteiger partial charge in [-0.2, -0.15) is 0 Å². The van der Waals surface area contributed by atoms with Crippen LogP contribution in [-0.4, -0.2) is 18.4 Å². The smallest absolute Gasteiger partial charge is 0.251 e. The van der Waals surface area contributed by atoms with E-state index in [2.05, 4.69) is 10.6 Å². The quantitative estimate of drug-likeness (QED) is 0.887. The van der Waals surface area contributed by atoms with E-state index in [0.29, 0.717) is 11.3 Å². The van der Waals surface area contributed by atoms with E-state index in [0.717, 1.165) is 0 Å². The number of amides is 2.